The van der Waals surface area contributed by atoms with Gasteiger partial charge in [-0.3, -0.25) is 0 Å². The van der Waals surface area contributed by atoms with Crippen molar-refractivity contribution >= 4 is 0 Å². The van der Waals surface area contributed by atoms with Gasteiger partial charge in [-0.25, -0.2) is 0 Å². The van der Waals surface area contributed by atoms with E-state index in [9.17, 15) is 0 Å². The normalized spacial score (nSPS) is 10.9. The number of hydrogen-bond acceptors (Lipinski definition) is 2. The molecule has 0 aromatic carbocycles. The van der Waals surface area contributed by atoms with Crippen molar-refractivity contribution in [2.45, 2.75) is 13.3 Å². The molecule has 0 spiro atoms. The van der Waals surface area contributed by atoms with E-state index in [4.69, 9.17) is 10.4 Å². The Morgan fingerprint density at radius 3 is 2.88 bits per heavy atom. The summed E-state index contributed by atoms with van der Waals surface area (Å²) in [5.41, 5.74) is 0.853. The average molecular weight is 111 g/mol. The monoisotopic (exact) mass is 111 g/mol. The molecule has 8 heavy (non-hydrogen) atoms. The minimum atomic E-state index is 0.0572. The first-order chi connectivity index (χ1) is 3.81. The first kappa shape index (κ1) is 7.19. The van der Waals surface area contributed by atoms with Crippen molar-refractivity contribution in [3.63, 3.8) is 0 Å². The summed E-state index contributed by atoms with van der Waals surface area (Å²) in [6.45, 7) is 1.85. The van der Waals surface area contributed by atoms with Crippen LogP contribution < -0.4 is 0 Å². The maximum Gasteiger partial charge on any atom is 0.0663 e. The molecule has 0 aliphatic carbocycles. The number of hydrogen-bond donors (Lipinski definition) is 1. The summed E-state index contributed by atoms with van der Waals surface area (Å²) in [4.78, 5) is 0. The van der Waals surface area contributed by atoms with Gasteiger partial charge in [0.1, 0.15) is 0 Å². The van der Waals surface area contributed by atoms with Gasteiger partial charge in [-0.1, -0.05) is 11.6 Å². The molecule has 0 aliphatic rings. The molecule has 0 unspecified atom stereocenters. The van der Waals surface area contributed by atoms with Gasteiger partial charge >= 0.3 is 0 Å². The zero-order valence-electron chi connectivity index (χ0n) is 4.89. The Kier molecular flexibility index (Phi) is 3.91. The highest BCUT2D eigenvalue weighted by atomic mass is 16.3. The maximum absolute atomic E-state index is 8.38. The van der Waals surface area contributed by atoms with Crippen molar-refractivity contribution in [2.24, 2.45) is 0 Å². The van der Waals surface area contributed by atoms with Crippen LogP contribution in [0, 0.1) is 11.3 Å². The summed E-state index contributed by atoms with van der Waals surface area (Å²) < 4.78 is 0. The zero-order valence-corrected chi connectivity index (χ0v) is 4.89. The van der Waals surface area contributed by atoms with E-state index in [2.05, 4.69) is 0 Å². The Morgan fingerprint density at radius 2 is 2.50 bits per heavy atom. The van der Waals surface area contributed by atoms with E-state index < -0.39 is 0 Å². The predicted molar refractivity (Wildman–Crippen MR) is 31.1 cm³/mol. The summed E-state index contributed by atoms with van der Waals surface area (Å²) in [6.07, 6.45) is 2.10. The van der Waals surface area contributed by atoms with E-state index in [-0.39, 0.29) is 6.61 Å². The molecule has 1 N–H and O–H groups in total. The number of allylic oxidation sites excluding steroid dienone is 1. The molecule has 0 heterocycles. The highest BCUT2D eigenvalue weighted by Crippen LogP contribution is 1.90. The lowest BCUT2D eigenvalue weighted by atomic mass is 10.3. The topological polar surface area (TPSA) is 44.0 Å². The van der Waals surface area contributed by atoms with E-state index in [0.29, 0.717) is 6.42 Å². The first-order valence-corrected chi connectivity index (χ1v) is 2.44. The van der Waals surface area contributed by atoms with E-state index in [1.807, 2.05) is 6.07 Å². The van der Waals surface area contributed by atoms with Crippen molar-refractivity contribution in [3.05, 3.63) is 11.6 Å². The third kappa shape index (κ3) is 3.38. The van der Waals surface area contributed by atoms with Gasteiger partial charge in [0.2, 0.25) is 0 Å². The molecule has 0 atom stereocenters. The summed E-state index contributed by atoms with van der Waals surface area (Å²) in [7, 11) is 0. The molecule has 0 saturated heterocycles. The van der Waals surface area contributed by atoms with E-state index in [1.165, 1.54) is 0 Å². The Hall–Kier alpha value is -0.810. The largest absolute Gasteiger partial charge is 0.392 e. The van der Waals surface area contributed by atoms with Gasteiger partial charge in [0, 0.05) is 0 Å². The summed E-state index contributed by atoms with van der Waals surface area (Å²) in [6, 6.07) is 1.95. The third-order valence-electron chi connectivity index (χ3n) is 0.791. The van der Waals surface area contributed by atoms with Crippen LogP contribution in [-0.4, -0.2) is 11.7 Å². The molecule has 0 radical (unpaired) electrons. The number of aliphatic hydroxyl groups excluding tert-OH is 1. The molecule has 0 rings (SSSR count). The Labute approximate surface area is 49.1 Å². The summed E-state index contributed by atoms with van der Waals surface area (Å²) in [5.74, 6) is 0. The lowest BCUT2D eigenvalue weighted by Crippen LogP contribution is -1.81. The van der Waals surface area contributed by atoms with Crippen LogP contribution in [0.3, 0.4) is 0 Å². The summed E-state index contributed by atoms with van der Waals surface area (Å²) in [5, 5.41) is 16.4. The second-order valence-electron chi connectivity index (χ2n) is 1.57. The second kappa shape index (κ2) is 4.35. The van der Waals surface area contributed by atoms with Crippen LogP contribution in [-0.2, 0) is 0 Å². The molecular weight excluding hydrogens is 102 g/mol. The first-order valence-electron chi connectivity index (χ1n) is 2.44. The van der Waals surface area contributed by atoms with Gasteiger partial charge in [0.25, 0.3) is 0 Å². The molecule has 0 bridgehead atoms. The van der Waals surface area contributed by atoms with E-state index in [1.54, 1.807) is 13.0 Å². The highest BCUT2D eigenvalue weighted by Gasteiger charge is 1.80. The smallest absolute Gasteiger partial charge is 0.0663 e. The summed E-state index contributed by atoms with van der Waals surface area (Å²) >= 11 is 0. The van der Waals surface area contributed by atoms with Gasteiger partial charge in [-0.2, -0.15) is 5.26 Å². The SMILES string of the molecule is C/C(=C\CC#N)CO. The number of nitriles is 1. The highest BCUT2D eigenvalue weighted by molar-refractivity contribution is 5.01. The molecule has 2 nitrogen and oxygen atoms in total. The fourth-order valence-corrected chi connectivity index (χ4v) is 0.284. The molecule has 0 fully saturated rings. The van der Waals surface area contributed by atoms with Gasteiger partial charge < -0.3 is 5.11 Å². The zero-order chi connectivity index (χ0) is 6.41. The van der Waals surface area contributed by atoms with Crippen LogP contribution in [0.5, 0.6) is 0 Å². The molecule has 0 aromatic rings. The van der Waals surface area contributed by atoms with E-state index in [0.717, 1.165) is 5.57 Å². The molecule has 2 heteroatoms. The van der Waals surface area contributed by atoms with Crippen LogP contribution in [0.15, 0.2) is 11.6 Å². The molecule has 44 valence electrons. The Morgan fingerprint density at radius 1 is 1.88 bits per heavy atom. The van der Waals surface area contributed by atoms with Gasteiger partial charge in [0.05, 0.1) is 19.1 Å². The van der Waals surface area contributed by atoms with Gasteiger partial charge in [-0.15, -0.1) is 0 Å². The number of nitrogens with zero attached hydrogens (tertiary/aromatic N) is 1. The molecule has 0 aliphatic heterocycles. The maximum atomic E-state index is 8.38. The fraction of sp³-hybridized carbons (Fsp3) is 0.500. The van der Waals surface area contributed by atoms with Crippen LogP contribution >= 0.6 is 0 Å². The third-order valence-corrected chi connectivity index (χ3v) is 0.791. The lowest BCUT2D eigenvalue weighted by Gasteiger charge is -1.87. The average Bonchev–Trinajstić information content (AvgIpc) is 1.83. The standard InChI is InChI=1S/C6H9NO/c1-6(5-8)3-2-4-7/h3,8H,2,5H2,1H3/b6-3+. The quantitative estimate of drug-likeness (QED) is 0.536. The fourth-order valence-electron chi connectivity index (χ4n) is 0.284. The van der Waals surface area contributed by atoms with Crippen molar-refractivity contribution in [2.75, 3.05) is 6.61 Å². The molecule has 0 saturated carbocycles. The van der Waals surface area contributed by atoms with Crippen molar-refractivity contribution < 1.29 is 5.11 Å². The van der Waals surface area contributed by atoms with Crippen molar-refractivity contribution in [3.8, 4) is 6.07 Å². The Bertz CT molecular complexity index is 121. The predicted octanol–water partition coefficient (Wildman–Crippen LogP) is 0.839. The van der Waals surface area contributed by atoms with Crippen molar-refractivity contribution in [1.82, 2.24) is 0 Å². The molecule has 0 aromatic heterocycles. The van der Waals surface area contributed by atoms with Crippen LogP contribution in [0.1, 0.15) is 13.3 Å². The van der Waals surface area contributed by atoms with Gasteiger partial charge in [0.15, 0.2) is 0 Å². The van der Waals surface area contributed by atoms with Crippen molar-refractivity contribution in [1.29, 1.82) is 5.26 Å². The molecule has 0 amide bonds. The molecular formula is C6H9NO. The van der Waals surface area contributed by atoms with Crippen LogP contribution in [0.2, 0.25) is 0 Å². The minimum absolute atomic E-state index is 0.0572. The van der Waals surface area contributed by atoms with Gasteiger partial charge in [-0.05, 0) is 6.92 Å². The lowest BCUT2D eigenvalue weighted by molar-refractivity contribution is 0.331. The van der Waals surface area contributed by atoms with Crippen LogP contribution in [0.25, 0.3) is 0 Å². The second-order valence-corrected chi connectivity index (χ2v) is 1.57. The number of aliphatic hydroxyl groups is 1. The Balaban J connectivity index is 3.45. The van der Waals surface area contributed by atoms with E-state index >= 15 is 0 Å². The van der Waals surface area contributed by atoms with Crippen LogP contribution in [0.4, 0.5) is 0 Å². The number of rotatable bonds is 2. The minimum Gasteiger partial charge on any atom is -0.392 e.